The number of rotatable bonds is 2. The fourth-order valence-corrected chi connectivity index (χ4v) is 9.08. The average molecular weight is 312 g/mol. The fraction of sp³-hybridized carbons (Fsp3) is 0.923. The molecule has 0 aromatic carbocycles. The third-order valence-corrected chi connectivity index (χ3v) is 8.90. The first-order valence-corrected chi connectivity index (χ1v) is 7.56. The summed E-state index contributed by atoms with van der Waals surface area (Å²) in [6.07, 6.45) is 0.260. The van der Waals surface area contributed by atoms with Gasteiger partial charge in [0.25, 0.3) is 0 Å². The summed E-state index contributed by atoms with van der Waals surface area (Å²) in [5, 5.41) is 11.0. The Labute approximate surface area is 112 Å². The van der Waals surface area contributed by atoms with Gasteiger partial charge in [-0.05, 0) is 41.4 Å². The quantitative estimate of drug-likeness (QED) is 0.660. The van der Waals surface area contributed by atoms with Gasteiger partial charge in [-0.1, -0.05) is 15.9 Å². The molecule has 6 saturated carbocycles. The highest BCUT2D eigenvalue weighted by Gasteiger charge is 3.08. The van der Waals surface area contributed by atoms with Crippen molar-refractivity contribution in [3.63, 3.8) is 0 Å². The number of alkyl halides is 1. The molecule has 4 unspecified atom stereocenters. The van der Waals surface area contributed by atoms with Gasteiger partial charge in [0.2, 0.25) is 0 Å². The molecule has 96 valence electrons. The topological polar surface area (TPSA) is 58.6 Å². The van der Waals surface area contributed by atoms with Crippen LogP contribution in [0.15, 0.2) is 0 Å². The highest BCUT2D eigenvalue weighted by atomic mass is 79.9. The van der Waals surface area contributed by atoms with Crippen LogP contribution in [0.4, 0.5) is 0 Å². The number of carbonyl (C=O) groups is 1. The van der Waals surface area contributed by atoms with Gasteiger partial charge in [0.1, 0.15) is 0 Å². The molecule has 0 amide bonds. The molecule has 1 saturated heterocycles. The lowest BCUT2D eigenvalue weighted by atomic mass is 9.13. The van der Waals surface area contributed by atoms with Gasteiger partial charge in [-0.25, -0.2) is 0 Å². The molecule has 18 heavy (non-hydrogen) atoms. The Hall–Kier alpha value is -0.130. The van der Waals surface area contributed by atoms with Gasteiger partial charge in [0.05, 0.1) is 17.5 Å². The van der Waals surface area contributed by atoms with Gasteiger partial charge in [-0.15, -0.1) is 0 Å². The van der Waals surface area contributed by atoms with E-state index in [1.54, 1.807) is 0 Å². The molecule has 7 aliphatic rings. The lowest BCUT2D eigenvalue weighted by Gasteiger charge is -2.92. The summed E-state index contributed by atoms with van der Waals surface area (Å²) in [6.45, 7) is 1.36. The van der Waals surface area contributed by atoms with Gasteiger partial charge < -0.3 is 19.4 Å². The molecule has 0 aromatic heterocycles. The summed E-state index contributed by atoms with van der Waals surface area (Å²) >= 11 is 3.95. The van der Waals surface area contributed by atoms with E-state index in [2.05, 4.69) is 15.9 Å². The van der Waals surface area contributed by atoms with Crippen LogP contribution in [0.5, 0.6) is 0 Å². The SMILES string of the molecule is O=C([O-])CC12C3C4C1C1C2C3C1(Br)C41OCCO1. The van der Waals surface area contributed by atoms with Crippen LogP contribution in [0.25, 0.3) is 0 Å². The van der Waals surface area contributed by atoms with Crippen LogP contribution in [0.1, 0.15) is 6.42 Å². The number of aliphatic carboxylic acids is 1. The largest absolute Gasteiger partial charge is 0.550 e. The molecule has 0 aromatic rings. The van der Waals surface area contributed by atoms with E-state index in [0.29, 0.717) is 48.7 Å². The number of ether oxygens (including phenoxy) is 2. The molecule has 1 spiro atoms. The number of halogens is 1. The van der Waals surface area contributed by atoms with E-state index in [-0.39, 0.29) is 16.2 Å². The van der Waals surface area contributed by atoms with Gasteiger partial charge in [0.15, 0.2) is 5.79 Å². The zero-order valence-electron chi connectivity index (χ0n) is 9.60. The molecule has 6 aliphatic carbocycles. The molecule has 5 heteroatoms. The van der Waals surface area contributed by atoms with E-state index < -0.39 is 11.8 Å². The molecule has 7 fully saturated rings. The lowest BCUT2D eigenvalue weighted by Crippen LogP contribution is -2.92. The van der Waals surface area contributed by atoms with E-state index in [1.165, 1.54) is 0 Å². The summed E-state index contributed by atoms with van der Waals surface area (Å²) < 4.78 is 12.1. The Bertz CT molecular complexity index is 505. The second-order valence-corrected chi connectivity index (χ2v) is 8.26. The van der Waals surface area contributed by atoms with E-state index >= 15 is 0 Å². The van der Waals surface area contributed by atoms with Gasteiger partial charge in [-0.2, -0.15) is 0 Å². The Kier molecular flexibility index (Phi) is 1.19. The molecule has 1 heterocycles. The Morgan fingerprint density at radius 1 is 1.11 bits per heavy atom. The summed E-state index contributed by atoms with van der Waals surface area (Å²) in [7, 11) is 0. The molecule has 1 aliphatic heterocycles. The van der Waals surface area contributed by atoms with Crippen LogP contribution >= 0.6 is 15.9 Å². The van der Waals surface area contributed by atoms with Gasteiger partial charge in [0, 0.05) is 11.9 Å². The minimum Gasteiger partial charge on any atom is -0.550 e. The highest BCUT2D eigenvalue weighted by molar-refractivity contribution is 9.10. The van der Waals surface area contributed by atoms with Crippen molar-refractivity contribution in [3.05, 3.63) is 0 Å². The monoisotopic (exact) mass is 311 g/mol. The fourth-order valence-electron chi connectivity index (χ4n) is 7.44. The molecule has 2 bridgehead atoms. The smallest absolute Gasteiger partial charge is 0.187 e. The third-order valence-electron chi connectivity index (χ3n) is 7.29. The zero-order valence-corrected chi connectivity index (χ0v) is 11.2. The number of carboxylic acids is 1. The molecule has 4 atom stereocenters. The minimum atomic E-state index is -0.878. The van der Waals surface area contributed by atoms with E-state index in [1.807, 2.05) is 0 Å². The maximum absolute atomic E-state index is 11.0. The highest BCUT2D eigenvalue weighted by Crippen LogP contribution is 3.05. The first-order chi connectivity index (χ1) is 8.61. The summed E-state index contributed by atoms with van der Waals surface area (Å²) in [5.74, 6) is 1.95. The van der Waals surface area contributed by atoms with Crippen molar-refractivity contribution in [2.75, 3.05) is 13.2 Å². The number of carboxylic acid groups (broad SMARTS) is 1. The van der Waals surface area contributed by atoms with Crippen LogP contribution in [0, 0.1) is 40.9 Å². The minimum absolute atomic E-state index is 0.00878. The summed E-state index contributed by atoms with van der Waals surface area (Å²) in [5.41, 5.74) is 0.0783. The number of carbonyl (C=O) groups excluding carboxylic acids is 1. The van der Waals surface area contributed by atoms with E-state index in [9.17, 15) is 9.90 Å². The molecule has 7 rings (SSSR count). The molecule has 0 N–H and O–H groups in total. The van der Waals surface area contributed by atoms with Crippen molar-refractivity contribution in [2.24, 2.45) is 40.9 Å². The Morgan fingerprint density at radius 3 is 2.22 bits per heavy atom. The van der Waals surface area contributed by atoms with Crippen LogP contribution in [0.2, 0.25) is 0 Å². The van der Waals surface area contributed by atoms with Crippen LogP contribution in [-0.2, 0) is 14.3 Å². The normalized spacial score (nSPS) is 70.1. The van der Waals surface area contributed by atoms with E-state index in [4.69, 9.17) is 9.47 Å². The third kappa shape index (κ3) is 0.511. The van der Waals surface area contributed by atoms with Crippen LogP contribution in [-0.4, -0.2) is 29.3 Å². The van der Waals surface area contributed by atoms with E-state index in [0.717, 1.165) is 0 Å². The van der Waals surface area contributed by atoms with Gasteiger partial charge >= 0.3 is 0 Å². The second kappa shape index (κ2) is 2.21. The first kappa shape index (κ1) is 9.72. The van der Waals surface area contributed by atoms with Crippen molar-refractivity contribution in [3.8, 4) is 0 Å². The van der Waals surface area contributed by atoms with Crippen molar-refractivity contribution >= 4 is 21.9 Å². The average Bonchev–Trinajstić information content (AvgIpc) is 2.86. The summed E-state index contributed by atoms with van der Waals surface area (Å²) in [4.78, 5) is 11.0. The predicted molar refractivity (Wildman–Crippen MR) is 59.3 cm³/mol. The number of hydrogen-bond acceptors (Lipinski definition) is 4. The maximum Gasteiger partial charge on any atom is 0.187 e. The Morgan fingerprint density at radius 2 is 1.67 bits per heavy atom. The van der Waals surface area contributed by atoms with Crippen molar-refractivity contribution in [1.82, 2.24) is 0 Å². The van der Waals surface area contributed by atoms with Crippen LogP contribution < -0.4 is 5.11 Å². The first-order valence-electron chi connectivity index (χ1n) is 6.77. The van der Waals surface area contributed by atoms with Crippen molar-refractivity contribution < 1.29 is 19.4 Å². The zero-order chi connectivity index (χ0) is 12.1. The van der Waals surface area contributed by atoms with Gasteiger partial charge in [-0.3, -0.25) is 0 Å². The standard InChI is InChI=1S/C13H13BrO4/c14-12-8-5-9(12)7-10(13(12)17-1-2-18-13)6(8)11(5,7)3-4(15)16/h5-10H,1-3H2,(H,15,16)/p-1. The predicted octanol–water partition coefficient (Wildman–Crippen LogP) is -0.245. The lowest BCUT2D eigenvalue weighted by molar-refractivity contribution is -0.444. The second-order valence-electron chi connectivity index (χ2n) is 6.95. The maximum atomic E-state index is 11.0. The molecule has 0 radical (unpaired) electrons. The molecular weight excluding hydrogens is 300 g/mol. The summed E-state index contributed by atoms with van der Waals surface area (Å²) in [6, 6.07) is 0. The molecular formula is C13H12BrO4-. The van der Waals surface area contributed by atoms with Crippen LogP contribution in [0.3, 0.4) is 0 Å². The molecule has 4 nitrogen and oxygen atoms in total. The Balaban J connectivity index is 1.49. The van der Waals surface area contributed by atoms with Crippen molar-refractivity contribution in [1.29, 1.82) is 0 Å². The number of hydrogen-bond donors (Lipinski definition) is 0. The van der Waals surface area contributed by atoms with Crippen molar-refractivity contribution in [2.45, 2.75) is 16.5 Å².